The summed E-state index contributed by atoms with van der Waals surface area (Å²) in [7, 11) is 0. The molecule has 0 aliphatic carbocycles. The molecule has 0 saturated heterocycles. The summed E-state index contributed by atoms with van der Waals surface area (Å²) in [6, 6.07) is 1.73. The lowest BCUT2D eigenvalue weighted by atomic mass is 10.1. The number of nitrogens with zero attached hydrogens (tertiary/aromatic N) is 1. The van der Waals surface area contributed by atoms with Crippen molar-refractivity contribution in [1.82, 2.24) is 15.5 Å². The molecule has 0 atom stereocenters. The number of carbonyl (C=O) groups is 1. The highest BCUT2D eigenvalue weighted by Crippen LogP contribution is 2.24. The first kappa shape index (κ1) is 8.90. The minimum Gasteiger partial charge on any atom is -0.472 e. The Kier molecular flexibility index (Phi) is 1.70. The van der Waals surface area contributed by atoms with Gasteiger partial charge >= 0.3 is 0 Å². The maximum absolute atomic E-state index is 11.4. The first-order valence-electron chi connectivity index (χ1n) is 4.69. The Morgan fingerprint density at radius 3 is 3.00 bits per heavy atom. The van der Waals surface area contributed by atoms with E-state index in [2.05, 4.69) is 15.5 Å². The maximum atomic E-state index is 11.4. The Morgan fingerprint density at radius 1 is 1.38 bits per heavy atom. The van der Waals surface area contributed by atoms with Gasteiger partial charge in [-0.25, -0.2) is 5.10 Å². The molecule has 16 heavy (non-hydrogen) atoms. The van der Waals surface area contributed by atoms with Crippen molar-refractivity contribution in [2.24, 2.45) is 0 Å². The third-order valence-electron chi connectivity index (χ3n) is 2.53. The van der Waals surface area contributed by atoms with Crippen molar-refractivity contribution in [1.29, 1.82) is 0 Å². The number of hydrogen-bond donors (Lipinski definition) is 2. The van der Waals surface area contributed by atoms with E-state index in [-0.39, 0.29) is 11.5 Å². The normalized spacial score (nSPS) is 13.6. The van der Waals surface area contributed by atoms with Crippen LogP contribution in [0.2, 0.25) is 0 Å². The second-order valence-corrected chi connectivity index (χ2v) is 3.45. The van der Waals surface area contributed by atoms with Crippen LogP contribution in [0.1, 0.15) is 15.9 Å². The number of nitrogens with one attached hydrogen (secondary N) is 2. The highest BCUT2D eigenvalue weighted by Gasteiger charge is 2.27. The van der Waals surface area contributed by atoms with Gasteiger partial charge in [-0.2, -0.15) is 5.10 Å². The molecule has 0 spiro atoms. The zero-order valence-corrected chi connectivity index (χ0v) is 8.11. The van der Waals surface area contributed by atoms with Crippen LogP contribution in [0.4, 0.5) is 0 Å². The molecule has 1 amide bonds. The van der Waals surface area contributed by atoms with E-state index in [9.17, 15) is 9.59 Å². The predicted molar refractivity (Wildman–Crippen MR) is 53.7 cm³/mol. The molecule has 1 aliphatic heterocycles. The van der Waals surface area contributed by atoms with E-state index in [0.717, 1.165) is 5.56 Å². The fraction of sp³-hybridized carbons (Fsp3) is 0.100. The molecule has 0 bridgehead atoms. The van der Waals surface area contributed by atoms with Gasteiger partial charge in [-0.1, -0.05) is 0 Å². The quantitative estimate of drug-likeness (QED) is 0.717. The first-order valence-corrected chi connectivity index (χ1v) is 4.69. The lowest BCUT2D eigenvalue weighted by Gasteiger charge is -2.01. The molecule has 3 heterocycles. The van der Waals surface area contributed by atoms with E-state index in [1.807, 2.05) is 0 Å². The molecule has 0 unspecified atom stereocenters. The minimum absolute atomic E-state index is 0.145. The van der Waals surface area contributed by atoms with Gasteiger partial charge in [0.15, 0.2) is 0 Å². The van der Waals surface area contributed by atoms with E-state index in [4.69, 9.17) is 4.42 Å². The molecule has 0 radical (unpaired) electrons. The fourth-order valence-corrected chi connectivity index (χ4v) is 1.79. The van der Waals surface area contributed by atoms with Gasteiger partial charge in [-0.15, -0.1) is 0 Å². The van der Waals surface area contributed by atoms with Crippen LogP contribution >= 0.6 is 0 Å². The van der Waals surface area contributed by atoms with E-state index >= 15 is 0 Å². The van der Waals surface area contributed by atoms with Crippen molar-refractivity contribution in [3.05, 3.63) is 40.1 Å². The number of amides is 1. The summed E-state index contributed by atoms with van der Waals surface area (Å²) in [6.07, 6.45) is 3.03. The number of aromatic nitrogens is 2. The average Bonchev–Trinajstić information content (AvgIpc) is 2.89. The number of aromatic amines is 1. The smallest absolute Gasteiger partial charge is 0.277 e. The fourth-order valence-electron chi connectivity index (χ4n) is 1.79. The molecule has 2 aromatic rings. The van der Waals surface area contributed by atoms with Gasteiger partial charge in [0.05, 0.1) is 18.2 Å². The lowest BCUT2D eigenvalue weighted by molar-refractivity contribution is 0.0964. The third-order valence-corrected chi connectivity index (χ3v) is 2.53. The second-order valence-electron chi connectivity index (χ2n) is 3.45. The molecule has 0 saturated carbocycles. The van der Waals surface area contributed by atoms with Gasteiger partial charge in [0.1, 0.15) is 5.56 Å². The van der Waals surface area contributed by atoms with Crippen LogP contribution < -0.4 is 10.9 Å². The van der Waals surface area contributed by atoms with Crippen LogP contribution in [0.25, 0.3) is 11.3 Å². The summed E-state index contributed by atoms with van der Waals surface area (Å²) >= 11 is 0. The molecular weight excluding hydrogens is 210 g/mol. The molecule has 0 fully saturated rings. The van der Waals surface area contributed by atoms with Crippen LogP contribution in [0.15, 0.2) is 27.8 Å². The second kappa shape index (κ2) is 3.06. The molecule has 2 aromatic heterocycles. The van der Waals surface area contributed by atoms with Gasteiger partial charge in [0.2, 0.25) is 0 Å². The van der Waals surface area contributed by atoms with Gasteiger partial charge < -0.3 is 9.73 Å². The number of carbonyl (C=O) groups excluding carboxylic acids is 1. The van der Waals surface area contributed by atoms with Crippen LogP contribution in [-0.2, 0) is 6.54 Å². The lowest BCUT2D eigenvalue weighted by Crippen LogP contribution is -2.21. The van der Waals surface area contributed by atoms with Crippen LogP contribution in [-0.4, -0.2) is 16.1 Å². The summed E-state index contributed by atoms with van der Waals surface area (Å²) in [6.45, 7) is 0.325. The third kappa shape index (κ3) is 1.10. The summed E-state index contributed by atoms with van der Waals surface area (Å²) in [4.78, 5) is 22.9. The minimum atomic E-state index is -0.461. The van der Waals surface area contributed by atoms with Crippen LogP contribution in [0.3, 0.4) is 0 Å². The van der Waals surface area contributed by atoms with Crippen molar-refractivity contribution in [3.8, 4) is 11.3 Å². The SMILES string of the molecule is O=C1NCc2c(-c3ccoc3)n[nH]c(=O)c21. The summed E-state index contributed by atoms with van der Waals surface area (Å²) in [5.74, 6) is -0.358. The van der Waals surface area contributed by atoms with Crippen molar-refractivity contribution < 1.29 is 9.21 Å². The molecule has 3 rings (SSSR count). The molecule has 0 aromatic carbocycles. The summed E-state index contributed by atoms with van der Waals surface area (Å²) in [5, 5.41) is 8.85. The zero-order valence-electron chi connectivity index (χ0n) is 8.11. The van der Waals surface area contributed by atoms with Crippen molar-refractivity contribution in [2.45, 2.75) is 6.54 Å². The van der Waals surface area contributed by atoms with Gasteiger partial charge in [-0.05, 0) is 6.07 Å². The Hall–Kier alpha value is -2.37. The molecule has 6 nitrogen and oxygen atoms in total. The van der Waals surface area contributed by atoms with E-state index in [0.29, 0.717) is 17.8 Å². The van der Waals surface area contributed by atoms with Gasteiger partial charge in [0.25, 0.3) is 11.5 Å². The number of fused-ring (bicyclic) bond motifs is 1. The van der Waals surface area contributed by atoms with Crippen molar-refractivity contribution in [2.75, 3.05) is 0 Å². The Bertz CT molecular complexity index is 613. The maximum Gasteiger partial charge on any atom is 0.277 e. The van der Waals surface area contributed by atoms with Crippen molar-refractivity contribution >= 4 is 5.91 Å². The predicted octanol–water partition coefficient (Wildman–Crippen LogP) is 0.273. The van der Waals surface area contributed by atoms with Crippen LogP contribution in [0.5, 0.6) is 0 Å². The Morgan fingerprint density at radius 2 is 2.25 bits per heavy atom. The number of furan rings is 1. The highest BCUT2D eigenvalue weighted by atomic mass is 16.3. The molecule has 1 aliphatic rings. The largest absolute Gasteiger partial charge is 0.472 e. The number of rotatable bonds is 1. The highest BCUT2D eigenvalue weighted by molar-refractivity contribution is 5.99. The summed E-state index contributed by atoms with van der Waals surface area (Å²) < 4.78 is 4.95. The summed E-state index contributed by atoms with van der Waals surface area (Å²) in [5.41, 5.74) is 1.62. The van der Waals surface area contributed by atoms with E-state index < -0.39 is 5.56 Å². The molecule has 80 valence electrons. The Labute approximate surface area is 89.3 Å². The molecule has 2 N–H and O–H groups in total. The van der Waals surface area contributed by atoms with Crippen molar-refractivity contribution in [3.63, 3.8) is 0 Å². The zero-order chi connectivity index (χ0) is 11.1. The number of H-pyrrole nitrogens is 1. The standard InChI is InChI=1S/C10H7N3O3/c14-9-7-6(3-11-9)8(12-13-10(7)15)5-1-2-16-4-5/h1-2,4H,3H2,(H,11,14)(H,13,15). The van der Waals surface area contributed by atoms with E-state index in [1.54, 1.807) is 6.07 Å². The van der Waals surface area contributed by atoms with Gasteiger partial charge in [-0.3, -0.25) is 9.59 Å². The monoisotopic (exact) mass is 217 g/mol. The topological polar surface area (TPSA) is 88.0 Å². The molecular formula is C10H7N3O3. The van der Waals surface area contributed by atoms with E-state index in [1.165, 1.54) is 12.5 Å². The van der Waals surface area contributed by atoms with Crippen LogP contribution in [0, 0.1) is 0 Å². The first-order chi connectivity index (χ1) is 7.77. The molecule has 6 heteroatoms. The number of hydrogen-bond acceptors (Lipinski definition) is 4. The Balaban J connectivity index is 2.31. The average molecular weight is 217 g/mol. The van der Waals surface area contributed by atoms with Gasteiger partial charge in [0, 0.05) is 17.7 Å².